The number of nitrogens with zero attached hydrogens (tertiary/aromatic N) is 4. The highest BCUT2D eigenvalue weighted by Crippen LogP contribution is 2.09. The Labute approximate surface area is 121 Å². The highest BCUT2D eigenvalue weighted by molar-refractivity contribution is 5.76. The lowest BCUT2D eigenvalue weighted by Crippen LogP contribution is -2.42. The highest BCUT2D eigenvalue weighted by atomic mass is 16.2. The molecule has 0 aliphatic carbocycles. The summed E-state index contributed by atoms with van der Waals surface area (Å²) in [5.41, 5.74) is 6.96. The molecular weight excluding hydrogens is 254 g/mol. The van der Waals surface area contributed by atoms with Crippen molar-refractivity contribution in [3.63, 3.8) is 0 Å². The maximum Gasteiger partial charge on any atom is 0.224 e. The molecule has 1 aromatic rings. The smallest absolute Gasteiger partial charge is 0.224 e. The van der Waals surface area contributed by atoms with E-state index in [1.54, 1.807) is 4.68 Å². The summed E-state index contributed by atoms with van der Waals surface area (Å²) < 4.78 is 1.78. The Hall–Kier alpha value is -1.40. The molecule has 114 valence electrons. The van der Waals surface area contributed by atoms with Crippen LogP contribution in [0.3, 0.4) is 0 Å². The molecule has 20 heavy (non-hydrogen) atoms. The second kappa shape index (κ2) is 8.01. The van der Waals surface area contributed by atoms with Crippen molar-refractivity contribution in [3.8, 4) is 0 Å². The first kappa shape index (κ1) is 16.7. The van der Waals surface area contributed by atoms with E-state index in [1.165, 1.54) is 0 Å². The summed E-state index contributed by atoms with van der Waals surface area (Å²) in [6, 6.07) is 0.0586. The monoisotopic (exact) mass is 281 g/mol. The van der Waals surface area contributed by atoms with Gasteiger partial charge in [-0.1, -0.05) is 0 Å². The SMILES string of the molecule is CCN(CC)C(=O)CC(CN)N(C)Cc1cnn(C)c1. The summed E-state index contributed by atoms with van der Waals surface area (Å²) in [4.78, 5) is 16.1. The molecule has 1 aromatic heterocycles. The average Bonchev–Trinajstić information content (AvgIpc) is 2.82. The number of hydrogen-bond acceptors (Lipinski definition) is 4. The molecule has 0 bridgehead atoms. The van der Waals surface area contributed by atoms with Crippen LogP contribution in [0, 0.1) is 0 Å². The first-order valence-electron chi connectivity index (χ1n) is 7.17. The lowest BCUT2D eigenvalue weighted by molar-refractivity contribution is -0.132. The molecule has 1 atom stereocenters. The van der Waals surface area contributed by atoms with Crippen molar-refractivity contribution in [2.24, 2.45) is 12.8 Å². The average molecular weight is 281 g/mol. The van der Waals surface area contributed by atoms with Crippen LogP contribution in [0.4, 0.5) is 0 Å². The van der Waals surface area contributed by atoms with E-state index in [0.717, 1.165) is 25.2 Å². The van der Waals surface area contributed by atoms with E-state index in [4.69, 9.17) is 5.73 Å². The molecule has 0 radical (unpaired) electrons. The van der Waals surface area contributed by atoms with E-state index in [1.807, 2.05) is 45.2 Å². The molecule has 0 aromatic carbocycles. The van der Waals surface area contributed by atoms with Crippen LogP contribution in [-0.4, -0.2) is 58.2 Å². The minimum absolute atomic E-state index is 0.0586. The summed E-state index contributed by atoms with van der Waals surface area (Å²) in [5.74, 6) is 0.170. The summed E-state index contributed by atoms with van der Waals surface area (Å²) in [7, 11) is 3.90. The topological polar surface area (TPSA) is 67.4 Å². The second-order valence-electron chi connectivity index (χ2n) is 5.10. The number of rotatable bonds is 8. The standard InChI is InChI=1S/C14H27N5O/c1-5-19(6-2)14(20)7-13(8-15)17(3)10-12-9-16-18(4)11-12/h9,11,13H,5-8,10,15H2,1-4H3. The Kier molecular flexibility index (Phi) is 6.67. The van der Waals surface area contributed by atoms with Crippen molar-refractivity contribution in [2.75, 3.05) is 26.7 Å². The van der Waals surface area contributed by atoms with Gasteiger partial charge >= 0.3 is 0 Å². The van der Waals surface area contributed by atoms with Gasteiger partial charge in [0.2, 0.25) is 5.91 Å². The van der Waals surface area contributed by atoms with Gasteiger partial charge in [0.05, 0.1) is 6.20 Å². The van der Waals surface area contributed by atoms with Crippen LogP contribution in [0.2, 0.25) is 0 Å². The Bertz CT molecular complexity index is 413. The van der Waals surface area contributed by atoms with Crippen LogP contribution in [0.15, 0.2) is 12.4 Å². The van der Waals surface area contributed by atoms with Crippen molar-refractivity contribution in [1.82, 2.24) is 19.6 Å². The van der Waals surface area contributed by atoms with Gasteiger partial charge in [0.1, 0.15) is 0 Å². The van der Waals surface area contributed by atoms with E-state index in [2.05, 4.69) is 10.00 Å². The van der Waals surface area contributed by atoms with Crippen LogP contribution in [0.5, 0.6) is 0 Å². The number of nitrogens with two attached hydrogens (primary N) is 1. The van der Waals surface area contributed by atoms with Gasteiger partial charge in [-0.3, -0.25) is 14.4 Å². The van der Waals surface area contributed by atoms with Gasteiger partial charge in [-0.25, -0.2) is 0 Å². The molecule has 0 spiro atoms. The van der Waals surface area contributed by atoms with E-state index < -0.39 is 0 Å². The number of aryl methyl sites for hydroxylation is 1. The van der Waals surface area contributed by atoms with Crippen LogP contribution in [-0.2, 0) is 18.4 Å². The lowest BCUT2D eigenvalue weighted by atomic mass is 10.1. The molecule has 0 fully saturated rings. The quantitative estimate of drug-likeness (QED) is 0.751. The molecule has 2 N–H and O–H groups in total. The molecule has 0 saturated heterocycles. The molecule has 1 rings (SSSR count). The predicted molar refractivity (Wildman–Crippen MR) is 80.1 cm³/mol. The van der Waals surface area contributed by atoms with Gasteiger partial charge in [0, 0.05) is 57.4 Å². The molecule has 1 amide bonds. The Morgan fingerprint density at radius 2 is 2.10 bits per heavy atom. The van der Waals surface area contributed by atoms with Gasteiger partial charge in [-0.15, -0.1) is 0 Å². The van der Waals surface area contributed by atoms with Gasteiger partial charge < -0.3 is 10.6 Å². The zero-order valence-electron chi connectivity index (χ0n) is 13.0. The minimum atomic E-state index is 0.0586. The summed E-state index contributed by atoms with van der Waals surface area (Å²) >= 11 is 0. The number of likely N-dealkylation sites (N-methyl/N-ethyl adjacent to an activating group) is 1. The van der Waals surface area contributed by atoms with Crippen molar-refractivity contribution in [1.29, 1.82) is 0 Å². The summed E-state index contributed by atoms with van der Waals surface area (Å²) in [6.07, 6.45) is 4.29. The van der Waals surface area contributed by atoms with Gasteiger partial charge in [0.25, 0.3) is 0 Å². The van der Waals surface area contributed by atoms with E-state index in [0.29, 0.717) is 13.0 Å². The third-order valence-electron chi connectivity index (χ3n) is 3.61. The lowest BCUT2D eigenvalue weighted by Gasteiger charge is -2.28. The second-order valence-corrected chi connectivity index (χ2v) is 5.10. The number of amides is 1. The molecule has 0 aliphatic heterocycles. The third-order valence-corrected chi connectivity index (χ3v) is 3.61. The Balaban J connectivity index is 2.58. The molecule has 1 heterocycles. The van der Waals surface area contributed by atoms with Crippen molar-refractivity contribution in [3.05, 3.63) is 18.0 Å². The zero-order chi connectivity index (χ0) is 15.1. The number of hydrogen-bond donors (Lipinski definition) is 1. The highest BCUT2D eigenvalue weighted by Gasteiger charge is 2.20. The zero-order valence-corrected chi connectivity index (χ0v) is 13.0. The number of aromatic nitrogens is 2. The fourth-order valence-electron chi connectivity index (χ4n) is 2.30. The van der Waals surface area contributed by atoms with E-state index >= 15 is 0 Å². The first-order chi connectivity index (χ1) is 9.51. The van der Waals surface area contributed by atoms with Gasteiger partial charge in [-0.05, 0) is 20.9 Å². The molecule has 6 nitrogen and oxygen atoms in total. The third kappa shape index (κ3) is 4.61. The van der Waals surface area contributed by atoms with Crippen molar-refractivity contribution >= 4 is 5.91 Å². The predicted octanol–water partition coefficient (Wildman–Crippen LogP) is 0.438. The van der Waals surface area contributed by atoms with E-state index in [-0.39, 0.29) is 11.9 Å². The Morgan fingerprint density at radius 3 is 2.55 bits per heavy atom. The Morgan fingerprint density at radius 1 is 1.45 bits per heavy atom. The molecule has 6 heteroatoms. The summed E-state index contributed by atoms with van der Waals surface area (Å²) in [5, 5.41) is 4.15. The largest absolute Gasteiger partial charge is 0.343 e. The van der Waals surface area contributed by atoms with E-state index in [9.17, 15) is 4.79 Å². The fraction of sp³-hybridized carbons (Fsp3) is 0.714. The number of carbonyl (C=O) groups is 1. The fourth-order valence-corrected chi connectivity index (χ4v) is 2.30. The summed E-state index contributed by atoms with van der Waals surface area (Å²) in [6.45, 7) is 6.72. The van der Waals surface area contributed by atoms with Crippen molar-refractivity contribution < 1.29 is 4.79 Å². The molecular formula is C14H27N5O. The van der Waals surface area contributed by atoms with Crippen molar-refractivity contribution in [2.45, 2.75) is 32.9 Å². The first-order valence-corrected chi connectivity index (χ1v) is 7.17. The van der Waals surface area contributed by atoms with Crippen LogP contribution >= 0.6 is 0 Å². The maximum atomic E-state index is 12.2. The minimum Gasteiger partial charge on any atom is -0.343 e. The van der Waals surface area contributed by atoms with Crippen LogP contribution in [0.1, 0.15) is 25.8 Å². The maximum absolute atomic E-state index is 12.2. The number of carbonyl (C=O) groups excluding carboxylic acids is 1. The molecule has 1 unspecified atom stereocenters. The van der Waals surface area contributed by atoms with Crippen LogP contribution in [0.25, 0.3) is 0 Å². The van der Waals surface area contributed by atoms with Gasteiger partial charge in [0.15, 0.2) is 0 Å². The normalized spacial score (nSPS) is 12.7. The molecule has 0 aliphatic rings. The molecule has 0 saturated carbocycles. The van der Waals surface area contributed by atoms with Gasteiger partial charge in [-0.2, -0.15) is 5.10 Å². The van der Waals surface area contributed by atoms with Crippen LogP contribution < -0.4 is 5.73 Å².